The smallest absolute Gasteiger partial charge is 0.258 e. The van der Waals surface area contributed by atoms with Gasteiger partial charge in [0.15, 0.2) is 17.7 Å². The molecule has 0 saturated heterocycles. The number of hydrogen-bond donors (Lipinski definition) is 2. The van der Waals surface area contributed by atoms with Crippen LogP contribution in [0.5, 0.6) is 5.75 Å². The molecule has 0 aromatic heterocycles. The van der Waals surface area contributed by atoms with Crippen LogP contribution in [0, 0.1) is 5.82 Å². The monoisotopic (exact) mass is 240 g/mol. The summed E-state index contributed by atoms with van der Waals surface area (Å²) in [6, 6.07) is 4.17. The Labute approximate surface area is 99.7 Å². The molecule has 1 amide bonds. The number of nitrogens with two attached hydrogens (primary N) is 2. The van der Waals surface area contributed by atoms with Gasteiger partial charge in [-0.15, -0.1) is 0 Å². The molecule has 94 valence electrons. The zero-order valence-corrected chi connectivity index (χ0v) is 9.94. The lowest BCUT2D eigenvalue weighted by Crippen LogP contribution is -2.33. The van der Waals surface area contributed by atoms with E-state index in [-0.39, 0.29) is 11.8 Å². The molecule has 0 fully saturated rings. The van der Waals surface area contributed by atoms with Crippen LogP contribution >= 0.6 is 0 Å². The van der Waals surface area contributed by atoms with Crippen LogP contribution in [-0.2, 0) is 4.79 Å². The van der Waals surface area contributed by atoms with Crippen LogP contribution in [0.15, 0.2) is 18.2 Å². The fourth-order valence-electron chi connectivity index (χ4n) is 1.39. The predicted octanol–water partition coefficient (Wildman–Crippen LogP) is 1.49. The molecule has 1 aromatic rings. The van der Waals surface area contributed by atoms with Crippen molar-refractivity contribution >= 4 is 5.91 Å². The molecule has 2 atom stereocenters. The summed E-state index contributed by atoms with van der Waals surface area (Å²) in [5.74, 6) is -1.14. The molecule has 4 N–H and O–H groups in total. The van der Waals surface area contributed by atoms with Crippen molar-refractivity contribution in [2.45, 2.75) is 32.4 Å². The van der Waals surface area contributed by atoms with Crippen LogP contribution in [0.3, 0.4) is 0 Å². The maximum Gasteiger partial charge on any atom is 0.258 e. The zero-order chi connectivity index (χ0) is 13.0. The van der Waals surface area contributed by atoms with Gasteiger partial charge in [-0.1, -0.05) is 13.0 Å². The summed E-state index contributed by atoms with van der Waals surface area (Å²) in [7, 11) is 0. The maximum atomic E-state index is 13.6. The van der Waals surface area contributed by atoms with Crippen LogP contribution in [0.25, 0.3) is 0 Å². The first-order chi connectivity index (χ1) is 7.95. The Hall–Kier alpha value is -1.62. The lowest BCUT2D eigenvalue weighted by atomic mass is 10.1. The third-order valence-electron chi connectivity index (χ3n) is 2.44. The van der Waals surface area contributed by atoms with Crippen molar-refractivity contribution in [3.63, 3.8) is 0 Å². The third kappa shape index (κ3) is 3.42. The largest absolute Gasteiger partial charge is 0.478 e. The van der Waals surface area contributed by atoms with E-state index in [4.69, 9.17) is 16.2 Å². The Bertz CT molecular complexity index is 407. The van der Waals surface area contributed by atoms with E-state index in [0.717, 1.165) is 0 Å². The first-order valence-electron chi connectivity index (χ1n) is 5.46. The van der Waals surface area contributed by atoms with Gasteiger partial charge in [-0.3, -0.25) is 4.79 Å². The fraction of sp³-hybridized carbons (Fsp3) is 0.417. The number of amides is 1. The summed E-state index contributed by atoms with van der Waals surface area (Å²) < 4.78 is 18.8. The molecule has 0 aliphatic rings. The molecule has 1 aromatic carbocycles. The Balaban J connectivity index is 2.89. The summed E-state index contributed by atoms with van der Waals surface area (Å²) >= 11 is 0. The Kier molecular flexibility index (Phi) is 4.45. The molecular weight excluding hydrogens is 223 g/mol. The van der Waals surface area contributed by atoms with Gasteiger partial charge in [0.1, 0.15) is 0 Å². The van der Waals surface area contributed by atoms with Crippen LogP contribution < -0.4 is 16.2 Å². The van der Waals surface area contributed by atoms with Gasteiger partial charge in [-0.05, 0) is 31.0 Å². The van der Waals surface area contributed by atoms with E-state index in [2.05, 4.69) is 0 Å². The number of primary amides is 1. The van der Waals surface area contributed by atoms with E-state index >= 15 is 0 Å². The zero-order valence-electron chi connectivity index (χ0n) is 9.94. The number of rotatable bonds is 5. The highest BCUT2D eigenvalue weighted by Crippen LogP contribution is 2.22. The number of ether oxygens (including phenoxy) is 1. The van der Waals surface area contributed by atoms with E-state index in [1.165, 1.54) is 12.1 Å². The van der Waals surface area contributed by atoms with Gasteiger partial charge in [0.2, 0.25) is 0 Å². The van der Waals surface area contributed by atoms with Crippen LogP contribution in [0.4, 0.5) is 4.39 Å². The lowest BCUT2D eigenvalue weighted by molar-refractivity contribution is -0.124. The summed E-state index contributed by atoms with van der Waals surface area (Å²) in [6.07, 6.45) is -0.422. The van der Waals surface area contributed by atoms with Crippen LogP contribution in [-0.4, -0.2) is 12.0 Å². The SMILES string of the molecule is CCC(Oc1ccc(C(C)N)cc1F)C(N)=O. The highest BCUT2D eigenvalue weighted by atomic mass is 19.1. The standard InChI is InChI=1S/C12H17FN2O2/c1-3-10(12(15)16)17-11-5-4-8(7(2)14)6-9(11)13/h4-7,10H,3,14H2,1-2H3,(H2,15,16). The van der Waals surface area contributed by atoms with Crippen molar-refractivity contribution in [1.82, 2.24) is 0 Å². The normalized spacial score (nSPS) is 14.1. The van der Waals surface area contributed by atoms with Crippen molar-refractivity contribution in [2.75, 3.05) is 0 Å². The topological polar surface area (TPSA) is 78.3 Å². The molecule has 0 aliphatic carbocycles. The predicted molar refractivity (Wildman–Crippen MR) is 62.9 cm³/mol. The number of halogens is 1. The van der Waals surface area contributed by atoms with Crippen LogP contribution in [0.2, 0.25) is 0 Å². The second kappa shape index (κ2) is 5.63. The number of benzene rings is 1. The first kappa shape index (κ1) is 13.4. The molecule has 0 saturated carbocycles. The molecule has 4 nitrogen and oxygen atoms in total. The molecule has 0 spiro atoms. The average Bonchev–Trinajstić information content (AvgIpc) is 2.26. The molecule has 0 bridgehead atoms. The van der Waals surface area contributed by atoms with Gasteiger partial charge >= 0.3 is 0 Å². The molecule has 0 radical (unpaired) electrons. The van der Waals surface area contributed by atoms with E-state index < -0.39 is 17.8 Å². The minimum Gasteiger partial charge on any atom is -0.478 e. The summed E-state index contributed by atoms with van der Waals surface area (Å²) in [5, 5.41) is 0. The van der Waals surface area contributed by atoms with Gasteiger partial charge < -0.3 is 16.2 Å². The molecule has 2 unspecified atom stereocenters. The maximum absolute atomic E-state index is 13.6. The van der Waals surface area contributed by atoms with Crippen molar-refractivity contribution < 1.29 is 13.9 Å². The van der Waals surface area contributed by atoms with Gasteiger partial charge in [0.25, 0.3) is 5.91 Å². The van der Waals surface area contributed by atoms with Gasteiger partial charge in [0, 0.05) is 6.04 Å². The third-order valence-corrected chi connectivity index (χ3v) is 2.44. The molecule has 1 rings (SSSR count). The number of hydrogen-bond acceptors (Lipinski definition) is 3. The minimum atomic E-state index is -0.814. The molecule has 5 heteroatoms. The van der Waals surface area contributed by atoms with Crippen molar-refractivity contribution in [3.8, 4) is 5.75 Å². The molecule has 17 heavy (non-hydrogen) atoms. The average molecular weight is 240 g/mol. The first-order valence-corrected chi connectivity index (χ1v) is 5.46. The summed E-state index contributed by atoms with van der Waals surface area (Å²) in [6.45, 7) is 3.50. The van der Waals surface area contributed by atoms with Gasteiger partial charge in [-0.25, -0.2) is 4.39 Å². The lowest BCUT2D eigenvalue weighted by Gasteiger charge is -2.15. The minimum absolute atomic E-state index is 0.0139. The van der Waals surface area contributed by atoms with Crippen molar-refractivity contribution in [3.05, 3.63) is 29.6 Å². The van der Waals surface area contributed by atoms with Gasteiger partial charge in [-0.2, -0.15) is 0 Å². The highest BCUT2D eigenvalue weighted by Gasteiger charge is 2.17. The number of carbonyl (C=O) groups is 1. The Morgan fingerprint density at radius 3 is 2.59 bits per heavy atom. The highest BCUT2D eigenvalue weighted by molar-refractivity contribution is 5.79. The second-order valence-electron chi connectivity index (χ2n) is 3.90. The quantitative estimate of drug-likeness (QED) is 0.818. The summed E-state index contributed by atoms with van der Waals surface area (Å²) in [5.41, 5.74) is 11.4. The Morgan fingerprint density at radius 1 is 1.53 bits per heavy atom. The number of carbonyl (C=O) groups excluding carboxylic acids is 1. The molecular formula is C12H17FN2O2. The van der Waals surface area contributed by atoms with Crippen molar-refractivity contribution in [1.29, 1.82) is 0 Å². The van der Waals surface area contributed by atoms with Crippen LogP contribution in [0.1, 0.15) is 31.9 Å². The Morgan fingerprint density at radius 2 is 2.18 bits per heavy atom. The summed E-state index contributed by atoms with van der Waals surface area (Å²) in [4.78, 5) is 11.0. The van der Waals surface area contributed by atoms with E-state index in [0.29, 0.717) is 12.0 Å². The van der Waals surface area contributed by atoms with E-state index in [1.54, 1.807) is 19.9 Å². The fourth-order valence-corrected chi connectivity index (χ4v) is 1.39. The molecule has 0 aliphatic heterocycles. The van der Waals surface area contributed by atoms with Gasteiger partial charge in [0.05, 0.1) is 0 Å². The van der Waals surface area contributed by atoms with E-state index in [1.807, 2.05) is 0 Å². The second-order valence-corrected chi connectivity index (χ2v) is 3.90. The van der Waals surface area contributed by atoms with Crippen molar-refractivity contribution in [2.24, 2.45) is 11.5 Å². The molecule has 0 heterocycles. The van der Waals surface area contributed by atoms with E-state index in [9.17, 15) is 9.18 Å².